The normalized spacial score (nSPS) is 33.4. The van der Waals surface area contributed by atoms with Crippen LogP contribution in [0.2, 0.25) is 0 Å². The standard InChI is InChI=1S/C18H25N6O12P/c19-9-1-3-23(17(29)21-9)15-13(27)11(25)7(35-15)5-33-37(31,32)34-6-8-12(26)14(28)16(36-8)24-4-2-10(20)22-18(24)30/h1-4,7-8,11-16,25-28H,5-6H2,(H,31,32)(H2,19,21,29)(H2,20,22,30)/t7-,8-,11-,12-,13-,14-,15-,16-/m1/s1. The smallest absolute Gasteiger partial charge is 0.387 e. The highest BCUT2D eigenvalue weighted by molar-refractivity contribution is 7.47. The Labute approximate surface area is 206 Å². The zero-order chi connectivity index (χ0) is 27.1. The SMILES string of the molecule is Nc1ccn([C@@H]2O[C@H](COP(=O)(O)OC[C@H]3O[C@@H](n4ccc(N)nc4=O)[C@H](O)[C@@H]3O)[C@@H](O)[C@H]2O)c(=O)n1. The zero-order valence-electron chi connectivity index (χ0n) is 18.8. The molecule has 0 aliphatic carbocycles. The van der Waals surface area contributed by atoms with Gasteiger partial charge in [-0.15, -0.1) is 0 Å². The van der Waals surface area contributed by atoms with E-state index < -0.39 is 81.5 Å². The summed E-state index contributed by atoms with van der Waals surface area (Å²) < 4.78 is 34.6. The second-order valence-corrected chi connectivity index (χ2v) is 9.69. The summed E-state index contributed by atoms with van der Waals surface area (Å²) in [7, 11) is -4.85. The van der Waals surface area contributed by atoms with Crippen LogP contribution in [-0.4, -0.2) is 94.3 Å². The van der Waals surface area contributed by atoms with Gasteiger partial charge in [0.25, 0.3) is 0 Å². The fourth-order valence-corrected chi connectivity index (χ4v) is 4.55. The lowest BCUT2D eigenvalue weighted by Gasteiger charge is -2.20. The van der Waals surface area contributed by atoms with Gasteiger partial charge >= 0.3 is 19.2 Å². The summed E-state index contributed by atoms with van der Waals surface area (Å²) in [5.74, 6) is -0.139. The number of aromatic nitrogens is 4. The highest BCUT2D eigenvalue weighted by atomic mass is 31.2. The Balaban J connectivity index is 1.33. The molecule has 0 amide bonds. The minimum Gasteiger partial charge on any atom is -0.387 e. The van der Waals surface area contributed by atoms with E-state index in [9.17, 15) is 39.5 Å². The summed E-state index contributed by atoms with van der Waals surface area (Å²) >= 11 is 0. The topological polar surface area (TPSA) is 277 Å². The minimum absolute atomic E-state index is 0.0695. The van der Waals surface area contributed by atoms with Crippen LogP contribution in [0.1, 0.15) is 12.5 Å². The van der Waals surface area contributed by atoms with Gasteiger partial charge in [0.1, 0.15) is 48.3 Å². The van der Waals surface area contributed by atoms with E-state index in [1.807, 2.05) is 0 Å². The third kappa shape index (κ3) is 5.73. The second kappa shape index (κ2) is 10.5. The lowest BCUT2D eigenvalue weighted by atomic mass is 10.1. The average Bonchev–Trinajstić information content (AvgIpc) is 3.27. The van der Waals surface area contributed by atoms with Gasteiger partial charge in [-0.05, 0) is 12.1 Å². The second-order valence-electron chi connectivity index (χ2n) is 8.24. The number of hydrogen-bond acceptors (Lipinski definition) is 15. The van der Waals surface area contributed by atoms with Crippen molar-refractivity contribution >= 4 is 19.5 Å². The molecule has 0 radical (unpaired) electrons. The summed E-state index contributed by atoms with van der Waals surface area (Å²) in [6.45, 7) is -1.49. The maximum absolute atomic E-state index is 12.3. The first-order valence-corrected chi connectivity index (χ1v) is 12.2. The largest absolute Gasteiger partial charge is 0.472 e. The van der Waals surface area contributed by atoms with Crippen LogP contribution in [0.15, 0.2) is 34.1 Å². The Kier molecular flexibility index (Phi) is 7.77. The number of aliphatic hydroxyl groups is 4. The first-order valence-electron chi connectivity index (χ1n) is 10.7. The Hall–Kier alpha value is -2.77. The predicted molar refractivity (Wildman–Crippen MR) is 119 cm³/mol. The Bertz CT molecular complexity index is 1200. The van der Waals surface area contributed by atoms with Gasteiger partial charge in [-0.2, -0.15) is 9.97 Å². The van der Waals surface area contributed by atoms with Gasteiger partial charge in [0, 0.05) is 12.4 Å². The minimum atomic E-state index is -4.85. The maximum Gasteiger partial charge on any atom is 0.472 e. The van der Waals surface area contributed by atoms with Crippen LogP contribution in [-0.2, 0) is 23.1 Å². The van der Waals surface area contributed by atoms with E-state index in [2.05, 4.69) is 9.97 Å². The van der Waals surface area contributed by atoms with E-state index in [0.717, 1.165) is 9.13 Å². The molecule has 2 fully saturated rings. The van der Waals surface area contributed by atoms with Gasteiger partial charge in [-0.25, -0.2) is 14.2 Å². The first-order chi connectivity index (χ1) is 17.4. The van der Waals surface area contributed by atoms with Crippen molar-refractivity contribution in [1.29, 1.82) is 0 Å². The number of phosphoric acid groups is 1. The van der Waals surface area contributed by atoms with Crippen LogP contribution in [0.5, 0.6) is 0 Å². The van der Waals surface area contributed by atoms with E-state index in [0.29, 0.717) is 0 Å². The molecule has 2 aromatic rings. The number of ether oxygens (including phenoxy) is 2. The fourth-order valence-electron chi connectivity index (χ4n) is 3.81. The van der Waals surface area contributed by atoms with Crippen molar-refractivity contribution in [3.8, 4) is 0 Å². The fraction of sp³-hybridized carbons (Fsp3) is 0.556. The molecule has 0 aromatic carbocycles. The average molecular weight is 548 g/mol. The molecule has 0 bridgehead atoms. The molecule has 4 heterocycles. The van der Waals surface area contributed by atoms with Crippen LogP contribution in [0.3, 0.4) is 0 Å². The van der Waals surface area contributed by atoms with Gasteiger partial charge in [0.2, 0.25) is 0 Å². The van der Waals surface area contributed by atoms with Gasteiger partial charge in [-0.1, -0.05) is 0 Å². The number of aliphatic hydroxyl groups excluding tert-OH is 4. The third-order valence-electron chi connectivity index (χ3n) is 5.73. The molecule has 9 N–H and O–H groups in total. The molecule has 0 spiro atoms. The molecule has 4 rings (SSSR count). The highest BCUT2D eigenvalue weighted by Crippen LogP contribution is 2.45. The summed E-state index contributed by atoms with van der Waals surface area (Å²) in [6.07, 6.45) is -9.52. The number of nitrogens with two attached hydrogens (primary N) is 2. The van der Waals surface area contributed by atoms with Crippen LogP contribution in [0.4, 0.5) is 11.6 Å². The highest BCUT2D eigenvalue weighted by Gasteiger charge is 2.47. The summed E-state index contributed by atoms with van der Waals surface area (Å²) in [5, 5.41) is 40.9. The van der Waals surface area contributed by atoms with E-state index in [1.165, 1.54) is 24.5 Å². The molecule has 19 heteroatoms. The van der Waals surface area contributed by atoms with Crippen molar-refractivity contribution in [2.45, 2.75) is 49.1 Å². The lowest BCUT2D eigenvalue weighted by molar-refractivity contribution is -0.0640. The summed E-state index contributed by atoms with van der Waals surface area (Å²) in [6, 6.07) is 2.54. The molecule has 18 nitrogen and oxygen atoms in total. The maximum atomic E-state index is 12.3. The first kappa shape index (κ1) is 27.3. The monoisotopic (exact) mass is 548 g/mol. The lowest BCUT2D eigenvalue weighted by Crippen LogP contribution is -2.36. The van der Waals surface area contributed by atoms with Crippen LogP contribution in [0, 0.1) is 0 Å². The van der Waals surface area contributed by atoms with Crippen molar-refractivity contribution < 1.29 is 48.4 Å². The van der Waals surface area contributed by atoms with Gasteiger partial charge in [-0.3, -0.25) is 18.2 Å². The van der Waals surface area contributed by atoms with Crippen molar-refractivity contribution in [1.82, 2.24) is 19.1 Å². The van der Waals surface area contributed by atoms with Crippen molar-refractivity contribution in [3.05, 3.63) is 45.5 Å². The molecule has 2 aromatic heterocycles. The van der Waals surface area contributed by atoms with Crippen LogP contribution >= 0.6 is 7.82 Å². The number of nitrogens with zero attached hydrogens (tertiary/aromatic N) is 4. The number of anilines is 2. The van der Waals surface area contributed by atoms with Crippen molar-refractivity contribution in [3.63, 3.8) is 0 Å². The van der Waals surface area contributed by atoms with Crippen molar-refractivity contribution in [2.75, 3.05) is 24.7 Å². The van der Waals surface area contributed by atoms with E-state index >= 15 is 0 Å². The van der Waals surface area contributed by atoms with Crippen molar-refractivity contribution in [2.24, 2.45) is 0 Å². The van der Waals surface area contributed by atoms with Crippen LogP contribution in [0.25, 0.3) is 0 Å². The number of hydrogen-bond donors (Lipinski definition) is 7. The Morgan fingerprint density at radius 1 is 0.811 bits per heavy atom. The molecule has 37 heavy (non-hydrogen) atoms. The van der Waals surface area contributed by atoms with Gasteiger partial charge in [0.15, 0.2) is 12.5 Å². The molecule has 8 atom stereocenters. The number of rotatable bonds is 8. The number of nitrogen functional groups attached to an aromatic ring is 2. The molecular formula is C18H25N6O12P. The van der Waals surface area contributed by atoms with Gasteiger partial charge in [0.05, 0.1) is 13.2 Å². The molecular weight excluding hydrogens is 523 g/mol. The Morgan fingerprint density at radius 2 is 1.19 bits per heavy atom. The molecule has 0 unspecified atom stereocenters. The number of phosphoric ester groups is 1. The van der Waals surface area contributed by atoms with E-state index in [1.54, 1.807) is 0 Å². The zero-order valence-corrected chi connectivity index (χ0v) is 19.7. The third-order valence-corrected chi connectivity index (χ3v) is 6.68. The molecule has 2 aliphatic heterocycles. The predicted octanol–water partition coefficient (Wildman–Crippen LogP) is -3.96. The van der Waals surface area contributed by atoms with E-state index in [4.69, 9.17) is 30.0 Å². The van der Waals surface area contributed by atoms with E-state index in [-0.39, 0.29) is 11.6 Å². The summed E-state index contributed by atoms with van der Waals surface area (Å²) in [4.78, 5) is 41.0. The summed E-state index contributed by atoms with van der Waals surface area (Å²) in [5.41, 5.74) is 9.12. The molecule has 2 aliphatic rings. The quantitative estimate of drug-likeness (QED) is 0.155. The van der Waals surface area contributed by atoms with Gasteiger partial charge < -0.3 is 46.3 Å². The Morgan fingerprint density at radius 3 is 1.54 bits per heavy atom. The molecule has 0 saturated carbocycles. The van der Waals surface area contributed by atoms with Crippen LogP contribution < -0.4 is 22.8 Å². The molecule has 204 valence electrons. The molecule has 2 saturated heterocycles.